The van der Waals surface area contributed by atoms with E-state index in [2.05, 4.69) is 5.32 Å². The smallest absolute Gasteiger partial charge is 0.295 e. The van der Waals surface area contributed by atoms with E-state index in [4.69, 9.17) is 5.11 Å². The highest BCUT2D eigenvalue weighted by atomic mass is 19.2. The van der Waals surface area contributed by atoms with Gasteiger partial charge in [0.2, 0.25) is 0 Å². The number of hydrogen-bond donors (Lipinski definition) is 3. The van der Waals surface area contributed by atoms with Crippen LogP contribution in [0.4, 0.5) is 20.2 Å². The van der Waals surface area contributed by atoms with Crippen molar-refractivity contribution in [3.63, 3.8) is 0 Å². The zero-order valence-electron chi connectivity index (χ0n) is 10.5. The summed E-state index contributed by atoms with van der Waals surface area (Å²) in [5, 5.41) is 31.7. The van der Waals surface area contributed by atoms with Gasteiger partial charge in [-0.2, -0.15) is 0 Å². The maximum Gasteiger partial charge on any atom is 0.295 e. The van der Waals surface area contributed by atoms with E-state index in [1.165, 1.54) is 18.2 Å². The molecule has 0 aromatic heterocycles. The van der Waals surface area contributed by atoms with Crippen molar-refractivity contribution < 1.29 is 23.9 Å². The van der Waals surface area contributed by atoms with Crippen LogP contribution in [-0.4, -0.2) is 15.1 Å². The van der Waals surface area contributed by atoms with Crippen molar-refractivity contribution in [2.45, 2.75) is 6.54 Å². The molecule has 2 rings (SSSR count). The second-order valence-electron chi connectivity index (χ2n) is 4.19. The molecule has 0 spiro atoms. The van der Waals surface area contributed by atoms with Crippen molar-refractivity contribution in [1.29, 1.82) is 0 Å². The van der Waals surface area contributed by atoms with Crippen LogP contribution < -0.4 is 5.32 Å². The number of nitrogens with one attached hydrogen (secondary N) is 1. The fraction of sp³-hybridized carbons (Fsp3) is 0.0769. The van der Waals surface area contributed by atoms with E-state index in [1.54, 1.807) is 0 Å². The predicted molar refractivity (Wildman–Crippen MR) is 70.1 cm³/mol. The van der Waals surface area contributed by atoms with E-state index in [0.717, 1.165) is 6.07 Å². The van der Waals surface area contributed by atoms with Gasteiger partial charge in [0.25, 0.3) is 5.69 Å². The van der Waals surface area contributed by atoms with Crippen LogP contribution in [0.25, 0.3) is 0 Å². The van der Waals surface area contributed by atoms with Gasteiger partial charge >= 0.3 is 0 Å². The Kier molecular flexibility index (Phi) is 3.88. The SMILES string of the molecule is O=[N+]([O-])c1ccc(F)c(F)c1NCc1ccc(O)c(O)c1. The van der Waals surface area contributed by atoms with Crippen molar-refractivity contribution in [1.82, 2.24) is 0 Å². The summed E-state index contributed by atoms with van der Waals surface area (Å²) in [6, 6.07) is 5.36. The number of phenols is 2. The van der Waals surface area contributed by atoms with E-state index in [9.17, 15) is 24.0 Å². The maximum absolute atomic E-state index is 13.6. The number of nitrogens with zero attached hydrogens (tertiary/aromatic N) is 1. The number of hydrogen-bond acceptors (Lipinski definition) is 5. The number of aromatic hydroxyl groups is 2. The van der Waals surface area contributed by atoms with Crippen LogP contribution in [0.3, 0.4) is 0 Å². The number of anilines is 1. The van der Waals surface area contributed by atoms with Gasteiger partial charge in [0.1, 0.15) is 0 Å². The summed E-state index contributed by atoms with van der Waals surface area (Å²) < 4.78 is 26.8. The Bertz CT molecular complexity index is 707. The molecule has 0 heterocycles. The summed E-state index contributed by atoms with van der Waals surface area (Å²) in [6.45, 7) is -0.102. The fourth-order valence-corrected chi connectivity index (χ4v) is 1.73. The van der Waals surface area contributed by atoms with Crippen molar-refractivity contribution in [2.75, 3.05) is 5.32 Å². The zero-order chi connectivity index (χ0) is 15.6. The molecular formula is C13H10F2N2O4. The number of halogens is 2. The first-order chi connectivity index (χ1) is 9.90. The molecule has 0 radical (unpaired) electrons. The third kappa shape index (κ3) is 2.99. The Morgan fingerprint density at radius 3 is 2.48 bits per heavy atom. The largest absolute Gasteiger partial charge is 0.504 e. The van der Waals surface area contributed by atoms with Crippen LogP contribution in [0.2, 0.25) is 0 Å². The minimum atomic E-state index is -1.35. The number of rotatable bonds is 4. The third-order valence-corrected chi connectivity index (χ3v) is 2.78. The molecule has 0 saturated heterocycles. The van der Waals surface area contributed by atoms with E-state index in [1.807, 2.05) is 0 Å². The van der Waals surface area contributed by atoms with Crippen LogP contribution in [0.1, 0.15) is 5.56 Å². The van der Waals surface area contributed by atoms with Gasteiger partial charge in [0.05, 0.1) is 4.92 Å². The van der Waals surface area contributed by atoms with Gasteiger partial charge in [0, 0.05) is 12.6 Å². The molecule has 0 unspecified atom stereocenters. The molecule has 0 aliphatic carbocycles. The van der Waals surface area contributed by atoms with Gasteiger partial charge in [-0.1, -0.05) is 6.07 Å². The standard InChI is InChI=1S/C13H10F2N2O4/c14-8-2-3-9(17(20)21)13(12(8)15)16-6-7-1-4-10(18)11(19)5-7/h1-5,16,18-19H,6H2. The fourth-order valence-electron chi connectivity index (χ4n) is 1.73. The summed E-state index contributed by atoms with van der Waals surface area (Å²) in [7, 11) is 0. The summed E-state index contributed by atoms with van der Waals surface area (Å²) in [5.74, 6) is -3.28. The molecule has 0 bridgehead atoms. The summed E-state index contributed by atoms with van der Waals surface area (Å²) >= 11 is 0. The molecule has 21 heavy (non-hydrogen) atoms. The molecule has 110 valence electrons. The Balaban J connectivity index is 2.28. The van der Waals surface area contributed by atoms with Gasteiger partial charge in [0.15, 0.2) is 28.8 Å². The minimum Gasteiger partial charge on any atom is -0.504 e. The third-order valence-electron chi connectivity index (χ3n) is 2.78. The van der Waals surface area contributed by atoms with E-state index >= 15 is 0 Å². The summed E-state index contributed by atoms with van der Waals surface area (Å²) in [6.07, 6.45) is 0. The van der Waals surface area contributed by atoms with Crippen molar-refractivity contribution >= 4 is 11.4 Å². The second kappa shape index (κ2) is 5.61. The lowest BCUT2D eigenvalue weighted by Crippen LogP contribution is -2.06. The molecule has 2 aromatic rings. The molecule has 0 aliphatic heterocycles. The number of benzene rings is 2. The van der Waals surface area contributed by atoms with E-state index in [-0.39, 0.29) is 18.0 Å². The molecule has 0 fully saturated rings. The zero-order valence-corrected chi connectivity index (χ0v) is 10.5. The molecular weight excluding hydrogens is 286 g/mol. The molecule has 0 saturated carbocycles. The van der Waals surface area contributed by atoms with Gasteiger partial charge in [-0.3, -0.25) is 10.1 Å². The quantitative estimate of drug-likeness (QED) is 0.458. The Labute approximate surface area is 117 Å². The lowest BCUT2D eigenvalue weighted by atomic mass is 10.2. The number of nitro benzene ring substituents is 1. The molecule has 8 heteroatoms. The van der Waals surface area contributed by atoms with Crippen molar-refractivity contribution in [3.8, 4) is 11.5 Å². The van der Waals surface area contributed by atoms with Crippen molar-refractivity contribution in [3.05, 3.63) is 57.6 Å². The first kappa shape index (κ1) is 14.5. The molecule has 0 amide bonds. The molecule has 0 aliphatic rings. The second-order valence-corrected chi connectivity index (χ2v) is 4.19. The van der Waals surface area contributed by atoms with Crippen molar-refractivity contribution in [2.24, 2.45) is 0 Å². The number of nitro groups is 1. The van der Waals surface area contributed by atoms with E-state index in [0.29, 0.717) is 11.6 Å². The lowest BCUT2D eigenvalue weighted by Gasteiger charge is -2.09. The first-order valence-corrected chi connectivity index (χ1v) is 5.77. The van der Waals surface area contributed by atoms with E-state index < -0.39 is 27.9 Å². The topological polar surface area (TPSA) is 95.6 Å². The number of phenolic OH excluding ortho intramolecular Hbond substituents is 2. The van der Waals surface area contributed by atoms with Gasteiger partial charge < -0.3 is 15.5 Å². The highest BCUT2D eigenvalue weighted by Gasteiger charge is 2.21. The van der Waals surface area contributed by atoms with Crippen LogP contribution in [0, 0.1) is 21.7 Å². The molecule has 3 N–H and O–H groups in total. The van der Waals surface area contributed by atoms with Gasteiger partial charge in [-0.15, -0.1) is 0 Å². The predicted octanol–water partition coefficient (Wildman–Crippen LogP) is 2.90. The lowest BCUT2D eigenvalue weighted by molar-refractivity contribution is -0.384. The summed E-state index contributed by atoms with van der Waals surface area (Å²) in [4.78, 5) is 9.96. The van der Waals surface area contributed by atoms with Gasteiger partial charge in [-0.05, 0) is 23.8 Å². The average Bonchev–Trinajstić information content (AvgIpc) is 2.43. The normalized spacial score (nSPS) is 10.4. The maximum atomic E-state index is 13.6. The van der Waals surface area contributed by atoms with Crippen LogP contribution in [-0.2, 0) is 6.54 Å². The Morgan fingerprint density at radius 1 is 1.14 bits per heavy atom. The Hall–Kier alpha value is -2.90. The highest BCUT2D eigenvalue weighted by Crippen LogP contribution is 2.30. The monoisotopic (exact) mass is 296 g/mol. The van der Waals surface area contributed by atoms with Crippen LogP contribution in [0.15, 0.2) is 30.3 Å². The summed E-state index contributed by atoms with van der Waals surface area (Å²) in [5.41, 5.74) is -0.757. The highest BCUT2D eigenvalue weighted by molar-refractivity contribution is 5.62. The Morgan fingerprint density at radius 2 is 1.86 bits per heavy atom. The first-order valence-electron chi connectivity index (χ1n) is 5.77. The molecule has 0 atom stereocenters. The van der Waals surface area contributed by atoms with Crippen LogP contribution >= 0.6 is 0 Å². The molecule has 2 aromatic carbocycles. The molecule has 6 nitrogen and oxygen atoms in total. The van der Waals surface area contributed by atoms with Gasteiger partial charge in [-0.25, -0.2) is 8.78 Å². The average molecular weight is 296 g/mol. The van der Waals surface area contributed by atoms with Crippen LogP contribution in [0.5, 0.6) is 11.5 Å². The minimum absolute atomic E-state index is 0.102.